The molecule has 9 nitrogen and oxygen atoms in total. The number of carbonyl (C=O) groups excluding carboxylic acids is 2. The van der Waals surface area contributed by atoms with Crippen LogP contribution in [0.2, 0.25) is 0 Å². The molecule has 0 saturated heterocycles. The molecule has 10 heteroatoms. The van der Waals surface area contributed by atoms with Gasteiger partial charge < -0.3 is 15.4 Å². The Balaban J connectivity index is 1.39. The van der Waals surface area contributed by atoms with E-state index in [4.69, 9.17) is 4.74 Å². The predicted octanol–water partition coefficient (Wildman–Crippen LogP) is 1.47. The summed E-state index contributed by atoms with van der Waals surface area (Å²) < 4.78 is 32.0. The van der Waals surface area contributed by atoms with Crippen LogP contribution >= 0.6 is 0 Å². The number of sulfonamides is 1. The molecule has 1 atom stereocenters. The molecule has 0 fully saturated rings. The number of carbonyl (C=O) groups is 2. The van der Waals surface area contributed by atoms with Crippen molar-refractivity contribution >= 4 is 39.0 Å². The van der Waals surface area contributed by atoms with Gasteiger partial charge in [0.15, 0.2) is 6.10 Å². The van der Waals surface area contributed by atoms with Gasteiger partial charge in [0.1, 0.15) is 11.6 Å². The van der Waals surface area contributed by atoms with Crippen LogP contribution in [0, 0.1) is 0 Å². The Morgan fingerprint density at radius 3 is 2.86 bits per heavy atom. The van der Waals surface area contributed by atoms with E-state index in [-0.39, 0.29) is 35.5 Å². The van der Waals surface area contributed by atoms with Gasteiger partial charge >= 0.3 is 0 Å². The Hall–Kier alpha value is -3.40. The number of amidine groups is 1. The summed E-state index contributed by atoms with van der Waals surface area (Å²) >= 11 is 0. The monoisotopic (exact) mass is 414 g/mol. The van der Waals surface area contributed by atoms with Crippen LogP contribution in [0.3, 0.4) is 0 Å². The van der Waals surface area contributed by atoms with Crippen LogP contribution in [0.15, 0.2) is 52.4 Å². The second kappa shape index (κ2) is 7.21. The summed E-state index contributed by atoms with van der Waals surface area (Å²) in [5.74, 6) is 0.223. The lowest BCUT2D eigenvalue weighted by Gasteiger charge is -2.23. The first kappa shape index (κ1) is 18.9. The lowest BCUT2D eigenvalue weighted by Crippen LogP contribution is -2.34. The largest absolute Gasteiger partial charge is 0.479 e. The minimum Gasteiger partial charge on any atom is -0.479 e. The molecule has 0 bridgehead atoms. The number of nitrogens with one attached hydrogen (secondary N) is 3. The summed E-state index contributed by atoms with van der Waals surface area (Å²) in [6.07, 6.45) is -0.509. The lowest BCUT2D eigenvalue weighted by molar-refractivity contribution is -0.122. The van der Waals surface area contributed by atoms with Gasteiger partial charge in [-0.05, 0) is 37.3 Å². The highest BCUT2D eigenvalue weighted by atomic mass is 32.2. The summed E-state index contributed by atoms with van der Waals surface area (Å²) in [5.41, 5.74) is 1.49. The highest BCUT2D eigenvalue weighted by Crippen LogP contribution is 2.32. The molecule has 4 rings (SSSR count). The predicted molar refractivity (Wildman–Crippen MR) is 107 cm³/mol. The van der Waals surface area contributed by atoms with Crippen molar-refractivity contribution in [1.29, 1.82) is 0 Å². The van der Waals surface area contributed by atoms with E-state index >= 15 is 0 Å². The number of anilines is 2. The van der Waals surface area contributed by atoms with Crippen LogP contribution in [0.25, 0.3) is 0 Å². The van der Waals surface area contributed by atoms with Crippen molar-refractivity contribution in [1.82, 2.24) is 4.72 Å². The second-order valence-corrected chi connectivity index (χ2v) is 8.24. The quantitative estimate of drug-likeness (QED) is 0.699. The van der Waals surface area contributed by atoms with Crippen molar-refractivity contribution in [3.63, 3.8) is 0 Å². The van der Waals surface area contributed by atoms with E-state index in [9.17, 15) is 18.0 Å². The molecule has 0 aromatic heterocycles. The van der Waals surface area contributed by atoms with E-state index in [0.29, 0.717) is 22.7 Å². The molecule has 0 spiro atoms. The standard InChI is InChI=1S/C19H18N4O5S/c1-11-19(25)22-14-10-12(6-7-15(14)28-11)21-17(24)8-9-20-18-13-4-2-3-5-16(13)29(26,27)23-18/h2-7,10-11H,8-9H2,1H3,(H,20,23)(H,21,24)(H,22,25)/t11-/m1/s1. The zero-order chi connectivity index (χ0) is 20.6. The SMILES string of the molecule is C[C@H]1Oc2ccc(NC(=O)CCN=C3NS(=O)(=O)c4ccccc43)cc2NC1=O. The van der Waals surface area contributed by atoms with Crippen LogP contribution in [0.4, 0.5) is 11.4 Å². The number of hydrogen-bond acceptors (Lipinski definition) is 6. The smallest absolute Gasteiger partial charge is 0.265 e. The highest BCUT2D eigenvalue weighted by Gasteiger charge is 2.30. The number of nitrogens with zero attached hydrogens (tertiary/aromatic N) is 1. The number of fused-ring (bicyclic) bond motifs is 2. The van der Waals surface area contributed by atoms with Crippen molar-refractivity contribution in [3.05, 3.63) is 48.0 Å². The zero-order valence-corrected chi connectivity index (χ0v) is 16.2. The normalized spacial score (nSPS) is 20.1. The van der Waals surface area contributed by atoms with Gasteiger partial charge in [0.25, 0.3) is 15.9 Å². The fourth-order valence-corrected chi connectivity index (χ4v) is 4.28. The Kier molecular flexibility index (Phi) is 4.71. The van der Waals surface area contributed by atoms with E-state index in [0.717, 1.165) is 0 Å². The molecule has 2 heterocycles. The van der Waals surface area contributed by atoms with Crippen molar-refractivity contribution in [2.75, 3.05) is 17.2 Å². The molecule has 150 valence electrons. The lowest BCUT2D eigenvalue weighted by atomic mass is 10.2. The average molecular weight is 414 g/mol. The fourth-order valence-electron chi connectivity index (χ4n) is 3.03. The summed E-state index contributed by atoms with van der Waals surface area (Å²) in [4.78, 5) is 28.3. The summed E-state index contributed by atoms with van der Waals surface area (Å²) in [5, 5.41) is 5.44. The Morgan fingerprint density at radius 2 is 2.03 bits per heavy atom. The first-order valence-electron chi connectivity index (χ1n) is 8.91. The van der Waals surface area contributed by atoms with Crippen molar-refractivity contribution in [2.24, 2.45) is 4.99 Å². The average Bonchev–Trinajstić information content (AvgIpc) is 2.94. The van der Waals surface area contributed by atoms with Crippen LogP contribution in [-0.2, 0) is 19.6 Å². The van der Waals surface area contributed by atoms with Crippen molar-refractivity contribution in [3.8, 4) is 5.75 Å². The first-order valence-corrected chi connectivity index (χ1v) is 10.4. The maximum atomic E-state index is 12.2. The molecule has 2 aromatic rings. The van der Waals surface area contributed by atoms with Gasteiger partial charge in [-0.25, -0.2) is 8.42 Å². The molecule has 0 unspecified atom stereocenters. The number of hydrogen-bond donors (Lipinski definition) is 3. The Bertz CT molecular complexity index is 1140. The molecular weight excluding hydrogens is 396 g/mol. The number of ether oxygens (including phenoxy) is 1. The van der Waals surface area contributed by atoms with Gasteiger partial charge in [-0.2, -0.15) is 0 Å². The number of benzene rings is 2. The second-order valence-electron chi connectivity index (χ2n) is 6.59. The van der Waals surface area contributed by atoms with E-state index in [1.807, 2.05) is 0 Å². The third-order valence-electron chi connectivity index (χ3n) is 4.47. The van der Waals surface area contributed by atoms with E-state index in [1.165, 1.54) is 6.07 Å². The maximum Gasteiger partial charge on any atom is 0.265 e. The third-order valence-corrected chi connectivity index (χ3v) is 5.86. The van der Waals surface area contributed by atoms with Gasteiger partial charge in [-0.15, -0.1) is 0 Å². The van der Waals surface area contributed by atoms with Gasteiger partial charge in [-0.1, -0.05) is 12.1 Å². The van der Waals surface area contributed by atoms with Crippen LogP contribution in [0.5, 0.6) is 5.75 Å². The number of aliphatic imine (C=N–C) groups is 1. The van der Waals surface area contributed by atoms with Gasteiger partial charge in [0.05, 0.1) is 17.1 Å². The summed E-state index contributed by atoms with van der Waals surface area (Å²) in [6, 6.07) is 11.5. The first-order chi connectivity index (χ1) is 13.8. The minimum absolute atomic E-state index is 0.0599. The maximum absolute atomic E-state index is 12.2. The van der Waals surface area contributed by atoms with E-state index in [1.54, 1.807) is 43.3 Å². The molecule has 2 amide bonds. The molecule has 29 heavy (non-hydrogen) atoms. The van der Waals surface area contributed by atoms with Gasteiger partial charge in [-0.3, -0.25) is 19.3 Å². The zero-order valence-electron chi connectivity index (χ0n) is 15.4. The topological polar surface area (TPSA) is 126 Å². The van der Waals surface area contributed by atoms with Crippen LogP contribution in [0.1, 0.15) is 18.9 Å². The van der Waals surface area contributed by atoms with Crippen LogP contribution < -0.4 is 20.1 Å². The molecule has 0 saturated carbocycles. The third kappa shape index (κ3) is 3.79. The number of amides is 2. The molecule has 2 aliphatic heterocycles. The fraction of sp³-hybridized carbons (Fsp3) is 0.211. The number of rotatable bonds is 4. The Morgan fingerprint density at radius 1 is 1.24 bits per heavy atom. The summed E-state index contributed by atoms with van der Waals surface area (Å²) in [7, 11) is -3.60. The van der Waals surface area contributed by atoms with Crippen LogP contribution in [-0.4, -0.2) is 38.7 Å². The van der Waals surface area contributed by atoms with Crippen molar-refractivity contribution < 1.29 is 22.7 Å². The van der Waals surface area contributed by atoms with E-state index < -0.39 is 16.1 Å². The van der Waals surface area contributed by atoms with Crippen molar-refractivity contribution in [2.45, 2.75) is 24.3 Å². The highest BCUT2D eigenvalue weighted by molar-refractivity contribution is 7.90. The molecule has 0 aliphatic carbocycles. The Labute approximate surface area is 167 Å². The molecule has 2 aromatic carbocycles. The molecule has 2 aliphatic rings. The molecular formula is C19H18N4O5S. The van der Waals surface area contributed by atoms with Gasteiger partial charge in [0.2, 0.25) is 5.91 Å². The van der Waals surface area contributed by atoms with Gasteiger partial charge in [0, 0.05) is 17.7 Å². The molecule has 3 N–H and O–H groups in total. The summed E-state index contributed by atoms with van der Waals surface area (Å²) in [6.45, 7) is 1.76. The van der Waals surface area contributed by atoms with E-state index in [2.05, 4.69) is 20.3 Å². The molecule has 0 radical (unpaired) electrons. The minimum atomic E-state index is -3.60.